The Bertz CT molecular complexity index is 1900. The van der Waals surface area contributed by atoms with Crippen LogP contribution in [-0.4, -0.2) is 63.7 Å². The van der Waals surface area contributed by atoms with Crippen molar-refractivity contribution in [3.63, 3.8) is 0 Å². The molecule has 1 N–H and O–H groups in total. The molecule has 0 aliphatic rings. The van der Waals surface area contributed by atoms with Crippen molar-refractivity contribution < 1.29 is 56.2 Å². The highest BCUT2D eigenvalue weighted by Gasteiger charge is 2.35. The van der Waals surface area contributed by atoms with Gasteiger partial charge >= 0.3 is 25.9 Å². The molecule has 1 unspecified atom stereocenters. The monoisotopic (exact) mass is 1070 g/mol. The number of esters is 2. The quantitative estimate of drug-likeness (QED) is 0.0248. The largest absolute Gasteiger partial charge is 0.497 e. The van der Waals surface area contributed by atoms with E-state index in [4.69, 9.17) is 37.3 Å². The van der Waals surface area contributed by atoms with E-state index >= 15 is 0 Å². The van der Waals surface area contributed by atoms with Crippen molar-refractivity contribution in [2.75, 3.05) is 33.5 Å². The fourth-order valence-electron chi connectivity index (χ4n) is 8.57. The Balaban J connectivity index is 1.69. The van der Waals surface area contributed by atoms with Crippen molar-refractivity contribution in [2.24, 2.45) is 0 Å². The summed E-state index contributed by atoms with van der Waals surface area (Å²) in [6.45, 7) is 3.60. The number of carbonyl (C=O) groups excluding carboxylic acids is 3. The fourth-order valence-corrected chi connectivity index (χ4v) is 9.74. The second-order valence-electron chi connectivity index (χ2n) is 19.7. The summed E-state index contributed by atoms with van der Waals surface area (Å²) >= 11 is 0. The van der Waals surface area contributed by atoms with Crippen LogP contribution in [0.25, 0.3) is 0 Å². The number of unbranched alkanes of at least 4 members (excludes halogenated alkanes) is 24. The molecule has 13 nitrogen and oxygen atoms in total. The molecule has 0 bridgehead atoms. The minimum atomic E-state index is -4.43. The standard InChI is InChI=1S/C61H96NO12P/c1-4-6-8-10-12-14-16-18-20-22-24-26-34-40-59(63)73-57(51-68-48-55-42-44-56(67-3)45-43-55)58(74-60(64)41-35-27-25-23-21-19-17-15-13-11-9-7-5-2)52-72-75(66,71-50-54-38-32-29-33-39-54)70-47-46-62-61(65)69-49-53-36-30-28-31-37-53/h28-33,36-39,42-45,57-58H,4-27,34-35,40-41,46-52H2,1-3H3,(H,62,65)/t57-,58-,75?/m1/s1. The lowest BCUT2D eigenvalue weighted by molar-refractivity contribution is -0.176. The molecule has 0 aromatic heterocycles. The minimum Gasteiger partial charge on any atom is -0.497 e. The molecule has 0 saturated heterocycles. The number of benzene rings is 3. The van der Waals surface area contributed by atoms with Crippen LogP contribution in [0.3, 0.4) is 0 Å². The first kappa shape index (κ1) is 65.0. The van der Waals surface area contributed by atoms with Crippen molar-refractivity contribution in [2.45, 2.75) is 226 Å². The van der Waals surface area contributed by atoms with Crippen molar-refractivity contribution in [3.8, 4) is 5.75 Å². The van der Waals surface area contributed by atoms with E-state index in [0.717, 1.165) is 49.7 Å². The smallest absolute Gasteiger partial charge is 0.475 e. The van der Waals surface area contributed by atoms with Crippen LogP contribution in [-0.2, 0) is 66.5 Å². The van der Waals surface area contributed by atoms with Crippen molar-refractivity contribution in [1.29, 1.82) is 0 Å². The van der Waals surface area contributed by atoms with Gasteiger partial charge < -0.3 is 29.0 Å². The van der Waals surface area contributed by atoms with E-state index < -0.39 is 44.7 Å². The van der Waals surface area contributed by atoms with Crippen LogP contribution < -0.4 is 10.1 Å². The van der Waals surface area contributed by atoms with Gasteiger partial charge in [0.2, 0.25) is 0 Å². The number of nitrogens with one attached hydrogen (secondary N) is 1. The van der Waals surface area contributed by atoms with Gasteiger partial charge in [0.25, 0.3) is 0 Å². The number of phosphoric acid groups is 1. The zero-order chi connectivity index (χ0) is 53.7. The number of ether oxygens (including phenoxy) is 5. The van der Waals surface area contributed by atoms with E-state index in [-0.39, 0.29) is 52.4 Å². The van der Waals surface area contributed by atoms with E-state index in [0.29, 0.717) is 24.2 Å². The Labute approximate surface area is 452 Å². The molecular weight excluding hydrogens is 970 g/mol. The normalized spacial score (nSPS) is 12.9. The maximum Gasteiger partial charge on any atom is 0.475 e. The molecule has 0 saturated carbocycles. The number of rotatable bonds is 48. The first-order chi connectivity index (χ1) is 36.7. The minimum absolute atomic E-state index is 0.0732. The Morgan fingerprint density at radius 3 is 1.33 bits per heavy atom. The number of amides is 1. The average molecular weight is 1070 g/mol. The molecule has 422 valence electrons. The van der Waals surface area contributed by atoms with Gasteiger partial charge in [0.1, 0.15) is 12.4 Å². The summed E-state index contributed by atoms with van der Waals surface area (Å²) in [4.78, 5) is 39.9. The summed E-state index contributed by atoms with van der Waals surface area (Å²) in [5, 5.41) is 2.60. The number of hydrogen-bond acceptors (Lipinski definition) is 12. The summed E-state index contributed by atoms with van der Waals surface area (Å²) in [6.07, 6.45) is 27.8. The Hall–Kier alpha value is -4.26. The number of methoxy groups -OCH3 is 1. The molecular formula is C61H96NO12P. The predicted octanol–water partition coefficient (Wildman–Crippen LogP) is 16.3. The van der Waals surface area contributed by atoms with E-state index in [1.165, 1.54) is 116 Å². The summed E-state index contributed by atoms with van der Waals surface area (Å²) in [5.74, 6) is -0.261. The topological polar surface area (TPSA) is 154 Å². The van der Waals surface area contributed by atoms with Crippen LogP contribution in [0.5, 0.6) is 5.75 Å². The van der Waals surface area contributed by atoms with Gasteiger partial charge in [0.15, 0.2) is 12.2 Å². The summed E-state index contributed by atoms with van der Waals surface area (Å²) < 4.78 is 61.2. The van der Waals surface area contributed by atoms with Crippen molar-refractivity contribution >= 4 is 25.9 Å². The van der Waals surface area contributed by atoms with E-state index in [1.807, 2.05) is 84.9 Å². The number of carbonyl (C=O) groups is 3. The lowest BCUT2D eigenvalue weighted by Gasteiger charge is -2.28. The van der Waals surface area contributed by atoms with Gasteiger partial charge in [-0.2, -0.15) is 0 Å². The molecule has 0 radical (unpaired) electrons. The lowest BCUT2D eigenvalue weighted by Crippen LogP contribution is -2.41. The molecule has 0 heterocycles. The Morgan fingerprint density at radius 1 is 0.467 bits per heavy atom. The van der Waals surface area contributed by atoms with E-state index in [1.54, 1.807) is 7.11 Å². The summed E-state index contributed by atoms with van der Waals surface area (Å²) in [7, 11) is -2.83. The third-order valence-electron chi connectivity index (χ3n) is 13.1. The highest BCUT2D eigenvalue weighted by molar-refractivity contribution is 7.48. The van der Waals surface area contributed by atoms with Crippen molar-refractivity contribution in [3.05, 3.63) is 102 Å². The second kappa shape index (κ2) is 43.8. The first-order valence-corrected chi connectivity index (χ1v) is 30.3. The van der Waals surface area contributed by atoms with Crippen molar-refractivity contribution in [1.82, 2.24) is 5.32 Å². The first-order valence-electron chi connectivity index (χ1n) is 28.8. The van der Waals surface area contributed by atoms with Crippen LogP contribution in [0.2, 0.25) is 0 Å². The van der Waals surface area contributed by atoms with E-state index in [9.17, 15) is 18.9 Å². The molecule has 3 rings (SSSR count). The van der Waals surface area contributed by atoms with Gasteiger partial charge in [-0.25, -0.2) is 9.36 Å². The van der Waals surface area contributed by atoms with Gasteiger partial charge in [0.05, 0.1) is 40.1 Å². The van der Waals surface area contributed by atoms with Crippen LogP contribution in [0.4, 0.5) is 4.79 Å². The Morgan fingerprint density at radius 2 is 0.880 bits per heavy atom. The SMILES string of the molecule is CCCCCCCCCCCCCCCC(=O)O[C@H](COCc1ccc(OC)cc1)[C@@H](COP(=O)(OCCNC(=O)OCc1ccccc1)OCc1ccccc1)OC(=O)CCCCCCCCCCCCCCC. The highest BCUT2D eigenvalue weighted by atomic mass is 31.2. The van der Waals surface area contributed by atoms with Crippen LogP contribution in [0, 0.1) is 0 Å². The van der Waals surface area contributed by atoms with Gasteiger partial charge in [-0.15, -0.1) is 0 Å². The highest BCUT2D eigenvalue weighted by Crippen LogP contribution is 2.50. The number of hydrogen-bond donors (Lipinski definition) is 1. The molecule has 1 amide bonds. The summed E-state index contributed by atoms with van der Waals surface area (Å²) in [5.41, 5.74) is 2.38. The predicted molar refractivity (Wildman–Crippen MR) is 298 cm³/mol. The molecule has 3 aromatic carbocycles. The molecule has 3 atom stereocenters. The second-order valence-corrected chi connectivity index (χ2v) is 21.4. The third-order valence-corrected chi connectivity index (χ3v) is 14.5. The summed E-state index contributed by atoms with van der Waals surface area (Å²) in [6, 6.07) is 25.8. The maximum atomic E-state index is 14.5. The Kier molecular flexibility index (Phi) is 38.0. The van der Waals surface area contributed by atoms with Gasteiger partial charge in [-0.1, -0.05) is 241 Å². The average Bonchev–Trinajstić information content (AvgIpc) is 3.43. The van der Waals surface area contributed by atoms with Crippen LogP contribution in [0.15, 0.2) is 84.9 Å². The zero-order valence-electron chi connectivity index (χ0n) is 46.3. The number of phosphoric ester groups is 1. The van der Waals surface area contributed by atoms with Crippen LogP contribution in [0.1, 0.15) is 210 Å². The molecule has 75 heavy (non-hydrogen) atoms. The van der Waals surface area contributed by atoms with Gasteiger partial charge in [-0.3, -0.25) is 23.2 Å². The van der Waals surface area contributed by atoms with Gasteiger partial charge in [-0.05, 0) is 41.7 Å². The molecule has 3 aromatic rings. The molecule has 0 fully saturated rings. The zero-order valence-corrected chi connectivity index (χ0v) is 47.2. The number of alkyl carbamates (subject to hydrolysis) is 1. The maximum absolute atomic E-state index is 14.5. The third kappa shape index (κ3) is 34.2. The fraction of sp³-hybridized carbons (Fsp3) is 0.656. The van der Waals surface area contributed by atoms with Gasteiger partial charge in [0, 0.05) is 19.4 Å². The van der Waals surface area contributed by atoms with Crippen LogP contribution >= 0.6 is 7.82 Å². The molecule has 14 heteroatoms. The molecule has 0 aliphatic heterocycles. The lowest BCUT2D eigenvalue weighted by atomic mass is 10.0. The van der Waals surface area contributed by atoms with E-state index in [2.05, 4.69) is 19.2 Å². The molecule has 0 aliphatic carbocycles. The molecule has 0 spiro atoms.